The quantitative estimate of drug-likeness (QED) is 0.710. The molecule has 2 rings (SSSR count). The number of hydrogen-bond donors (Lipinski definition) is 1. The second kappa shape index (κ2) is 4.22. The van der Waals surface area contributed by atoms with Gasteiger partial charge in [0.05, 0.1) is 0 Å². The fraction of sp³-hybridized carbons (Fsp3) is 1.00. The fourth-order valence-electron chi connectivity index (χ4n) is 3.44. The zero-order valence-electron chi connectivity index (χ0n) is 9.81. The molecule has 2 aliphatic carbocycles. The molecule has 2 aliphatic rings. The minimum Gasteiger partial charge on any atom is -0.319 e. The Morgan fingerprint density at radius 3 is 2.29 bits per heavy atom. The molecule has 1 N–H and O–H groups in total. The van der Waals surface area contributed by atoms with Gasteiger partial charge in [-0.25, -0.2) is 0 Å². The molecule has 0 aromatic carbocycles. The van der Waals surface area contributed by atoms with Gasteiger partial charge in [0.2, 0.25) is 0 Å². The third-order valence-corrected chi connectivity index (χ3v) is 4.37. The van der Waals surface area contributed by atoms with Gasteiger partial charge in [-0.05, 0) is 43.6 Å². The molecule has 0 spiro atoms. The Morgan fingerprint density at radius 2 is 1.79 bits per heavy atom. The van der Waals surface area contributed by atoms with Crippen LogP contribution in [-0.4, -0.2) is 13.6 Å². The number of hydrogen-bond acceptors (Lipinski definition) is 1. The average molecular weight is 195 g/mol. The lowest BCUT2D eigenvalue weighted by molar-refractivity contribution is 0.199. The van der Waals surface area contributed by atoms with Crippen LogP contribution in [0.5, 0.6) is 0 Å². The van der Waals surface area contributed by atoms with Gasteiger partial charge in [0, 0.05) is 6.54 Å². The van der Waals surface area contributed by atoms with Crippen molar-refractivity contribution in [2.75, 3.05) is 13.6 Å². The van der Waals surface area contributed by atoms with E-state index in [0.717, 1.165) is 11.8 Å². The van der Waals surface area contributed by atoms with E-state index in [9.17, 15) is 0 Å². The molecule has 0 heterocycles. The molecule has 82 valence electrons. The van der Waals surface area contributed by atoms with Crippen molar-refractivity contribution in [2.45, 2.75) is 51.9 Å². The first-order valence-electron chi connectivity index (χ1n) is 6.39. The summed E-state index contributed by atoms with van der Waals surface area (Å²) < 4.78 is 0. The molecule has 0 bridgehead atoms. The Bertz CT molecular complexity index is 180. The van der Waals surface area contributed by atoms with E-state index in [0.29, 0.717) is 5.41 Å². The Morgan fingerprint density at radius 1 is 1.14 bits per heavy atom. The molecule has 0 radical (unpaired) electrons. The van der Waals surface area contributed by atoms with E-state index < -0.39 is 0 Å². The van der Waals surface area contributed by atoms with Crippen molar-refractivity contribution < 1.29 is 0 Å². The van der Waals surface area contributed by atoms with Gasteiger partial charge in [-0.3, -0.25) is 0 Å². The molecule has 0 aliphatic heterocycles. The molecule has 0 aromatic rings. The zero-order chi connectivity index (χ0) is 10.0. The van der Waals surface area contributed by atoms with E-state index in [4.69, 9.17) is 0 Å². The SMILES string of the molecule is CNCC(C)(CC1CCCC1)C1CC1. The maximum absolute atomic E-state index is 3.40. The minimum absolute atomic E-state index is 0.615. The summed E-state index contributed by atoms with van der Waals surface area (Å²) >= 11 is 0. The van der Waals surface area contributed by atoms with Gasteiger partial charge in [0.25, 0.3) is 0 Å². The molecule has 14 heavy (non-hydrogen) atoms. The summed E-state index contributed by atoms with van der Waals surface area (Å²) in [5.74, 6) is 2.09. The summed E-state index contributed by atoms with van der Waals surface area (Å²) in [5, 5.41) is 3.40. The second-order valence-corrected chi connectivity index (χ2v) is 5.81. The first-order chi connectivity index (χ1) is 6.74. The average Bonchev–Trinajstić information content (AvgIpc) is 2.89. The van der Waals surface area contributed by atoms with Gasteiger partial charge in [-0.1, -0.05) is 32.6 Å². The highest BCUT2D eigenvalue weighted by atomic mass is 14.8. The summed E-state index contributed by atoms with van der Waals surface area (Å²) in [5.41, 5.74) is 0.615. The molecule has 1 heteroatoms. The van der Waals surface area contributed by atoms with Crippen LogP contribution in [0.2, 0.25) is 0 Å². The second-order valence-electron chi connectivity index (χ2n) is 5.81. The van der Waals surface area contributed by atoms with Gasteiger partial charge >= 0.3 is 0 Å². The molecule has 1 atom stereocenters. The van der Waals surface area contributed by atoms with Crippen LogP contribution in [-0.2, 0) is 0 Å². The van der Waals surface area contributed by atoms with Crippen molar-refractivity contribution >= 4 is 0 Å². The van der Waals surface area contributed by atoms with E-state index in [2.05, 4.69) is 19.3 Å². The first-order valence-corrected chi connectivity index (χ1v) is 6.39. The summed E-state index contributed by atoms with van der Waals surface area (Å²) in [6.45, 7) is 3.74. The van der Waals surface area contributed by atoms with Crippen LogP contribution in [0.3, 0.4) is 0 Å². The molecule has 0 saturated heterocycles. The highest BCUT2D eigenvalue weighted by molar-refractivity contribution is 4.94. The van der Waals surface area contributed by atoms with Crippen molar-refractivity contribution in [2.24, 2.45) is 17.3 Å². The lowest BCUT2D eigenvalue weighted by Crippen LogP contribution is -2.33. The number of nitrogens with one attached hydrogen (secondary N) is 1. The lowest BCUT2D eigenvalue weighted by atomic mass is 9.76. The molecule has 0 amide bonds. The van der Waals surface area contributed by atoms with Gasteiger partial charge in [-0.2, -0.15) is 0 Å². The van der Waals surface area contributed by atoms with Crippen molar-refractivity contribution in [1.82, 2.24) is 5.32 Å². The Hall–Kier alpha value is -0.0400. The molecule has 1 nitrogen and oxygen atoms in total. The fourth-order valence-corrected chi connectivity index (χ4v) is 3.44. The molecular formula is C13H25N. The minimum atomic E-state index is 0.615. The van der Waals surface area contributed by atoms with Crippen LogP contribution < -0.4 is 5.32 Å². The van der Waals surface area contributed by atoms with Gasteiger partial charge in [-0.15, -0.1) is 0 Å². The van der Waals surface area contributed by atoms with Crippen LogP contribution in [0.4, 0.5) is 0 Å². The third-order valence-electron chi connectivity index (χ3n) is 4.37. The molecular weight excluding hydrogens is 170 g/mol. The van der Waals surface area contributed by atoms with E-state index >= 15 is 0 Å². The maximum atomic E-state index is 3.40. The van der Waals surface area contributed by atoms with Crippen molar-refractivity contribution in [3.8, 4) is 0 Å². The van der Waals surface area contributed by atoms with Gasteiger partial charge < -0.3 is 5.32 Å². The standard InChI is InChI=1S/C13H25N/c1-13(10-14-2,12-7-8-12)9-11-5-3-4-6-11/h11-12,14H,3-10H2,1-2H3. The molecule has 0 aromatic heterocycles. The summed E-state index contributed by atoms with van der Waals surface area (Å²) in [7, 11) is 2.11. The lowest BCUT2D eigenvalue weighted by Gasteiger charge is -2.32. The highest BCUT2D eigenvalue weighted by Crippen LogP contribution is 2.50. The topological polar surface area (TPSA) is 12.0 Å². The molecule has 2 fully saturated rings. The van der Waals surface area contributed by atoms with Crippen LogP contribution in [0.15, 0.2) is 0 Å². The molecule has 1 unspecified atom stereocenters. The van der Waals surface area contributed by atoms with Crippen LogP contribution in [0, 0.1) is 17.3 Å². The van der Waals surface area contributed by atoms with E-state index in [1.807, 2.05) is 0 Å². The Kier molecular flexibility index (Phi) is 3.16. The van der Waals surface area contributed by atoms with E-state index in [1.54, 1.807) is 0 Å². The van der Waals surface area contributed by atoms with Crippen molar-refractivity contribution in [1.29, 1.82) is 0 Å². The smallest absolute Gasteiger partial charge is 0.000491 e. The Balaban J connectivity index is 1.88. The Labute approximate surface area is 88.7 Å². The summed E-state index contributed by atoms with van der Waals surface area (Å²) in [4.78, 5) is 0. The first kappa shape index (κ1) is 10.5. The zero-order valence-corrected chi connectivity index (χ0v) is 9.81. The largest absolute Gasteiger partial charge is 0.319 e. The van der Waals surface area contributed by atoms with Crippen LogP contribution >= 0.6 is 0 Å². The van der Waals surface area contributed by atoms with Crippen LogP contribution in [0.25, 0.3) is 0 Å². The summed E-state index contributed by atoms with van der Waals surface area (Å²) in [6.07, 6.45) is 10.5. The number of rotatable bonds is 5. The van der Waals surface area contributed by atoms with Crippen LogP contribution in [0.1, 0.15) is 51.9 Å². The predicted molar refractivity (Wildman–Crippen MR) is 61.3 cm³/mol. The molecule has 2 saturated carbocycles. The van der Waals surface area contributed by atoms with Gasteiger partial charge in [0.1, 0.15) is 0 Å². The third kappa shape index (κ3) is 2.31. The normalized spacial score (nSPS) is 27.9. The van der Waals surface area contributed by atoms with E-state index in [1.165, 1.54) is 51.5 Å². The predicted octanol–water partition coefficient (Wildman–Crippen LogP) is 3.20. The van der Waals surface area contributed by atoms with Crippen molar-refractivity contribution in [3.05, 3.63) is 0 Å². The highest BCUT2D eigenvalue weighted by Gasteiger charge is 2.42. The van der Waals surface area contributed by atoms with Crippen molar-refractivity contribution in [3.63, 3.8) is 0 Å². The maximum Gasteiger partial charge on any atom is 0.000491 e. The van der Waals surface area contributed by atoms with E-state index in [-0.39, 0.29) is 0 Å². The van der Waals surface area contributed by atoms with Gasteiger partial charge in [0.15, 0.2) is 0 Å². The monoisotopic (exact) mass is 195 g/mol. The summed E-state index contributed by atoms with van der Waals surface area (Å²) in [6, 6.07) is 0.